The fraction of sp³-hybridized carbons (Fsp3) is 0.0515. The number of H-pyrrole nitrogens is 1. The second-order valence-corrected chi connectivity index (χ2v) is 32.5. The molecule has 0 aliphatic rings. The van der Waals surface area contributed by atoms with Crippen LogP contribution < -0.4 is 34.4 Å². The van der Waals surface area contributed by atoms with E-state index in [9.17, 15) is 35.0 Å². The summed E-state index contributed by atoms with van der Waals surface area (Å²) in [4.78, 5) is 80.8. The number of fused-ring (bicyclic) bond motifs is 2. The lowest BCUT2D eigenvalue weighted by molar-refractivity contribution is 0.472. The van der Waals surface area contributed by atoms with Gasteiger partial charge in [0.1, 0.15) is 120 Å². The molecule has 20 aromatic rings. The normalized spacial score (nSPS) is 10.8. The number of halogens is 7. The first-order valence-corrected chi connectivity index (χ1v) is 42.9. The molecule has 137 heavy (non-hydrogen) atoms. The number of nitrogens with one attached hydrogen (secondary N) is 1. The van der Waals surface area contributed by atoms with Gasteiger partial charge in [-0.05, 0) is 167 Å². The van der Waals surface area contributed by atoms with Gasteiger partial charge in [-0.2, -0.15) is 0 Å². The van der Waals surface area contributed by atoms with Crippen LogP contribution in [0.2, 0.25) is 30.3 Å². The molecule has 0 radical (unpaired) electrons. The molecule has 0 spiro atoms. The predicted octanol–water partition coefficient (Wildman–Crippen LogP) is 21.4. The number of aryl methyl sites for hydroxylation is 5. The number of nitrogens with two attached hydrogens (primary N) is 6. The van der Waals surface area contributed by atoms with Crippen molar-refractivity contribution in [2.45, 2.75) is 34.6 Å². The van der Waals surface area contributed by atoms with Crippen LogP contribution in [0.15, 0.2) is 253 Å². The van der Waals surface area contributed by atoms with Gasteiger partial charge in [-0.15, -0.1) is 0 Å². The number of phenols is 4. The molecule has 0 fully saturated rings. The molecular weight excluding hydrogens is 1870 g/mol. The Balaban J connectivity index is 0.000000125. The fourth-order valence-corrected chi connectivity index (χ4v) is 14.7. The monoisotopic (exact) mass is 1950 g/mol. The molecule has 0 atom stereocenters. The first kappa shape index (κ1) is 94.7. The Bertz CT molecular complexity index is 7740. The molecular formula is C97H74Cl6FN25O8. The number of nitrogen functional groups attached to an aromatic ring is 6. The predicted molar refractivity (Wildman–Crippen MR) is 528 cm³/mol. The minimum absolute atomic E-state index is 0.0113. The molecule has 7 aromatic carbocycles. The Labute approximate surface area is 807 Å². The number of hydrogen-bond acceptors (Lipinski definition) is 32. The van der Waals surface area contributed by atoms with Crippen molar-refractivity contribution >= 4 is 126 Å². The molecule has 0 saturated carbocycles. The summed E-state index contributed by atoms with van der Waals surface area (Å²) in [6, 6.07) is 50.3. The maximum atomic E-state index is 13.7. The number of nitrogens with zero attached hydrogens (tertiary/aromatic N) is 18. The number of pyridine rings is 2. The molecule has 0 saturated heterocycles. The Morgan fingerprint density at radius 3 is 1.31 bits per heavy atom. The molecule has 33 nitrogen and oxygen atoms in total. The van der Waals surface area contributed by atoms with E-state index in [0.717, 1.165) is 50.2 Å². The molecule has 0 unspecified atom stereocenters. The molecule has 0 aliphatic heterocycles. The van der Waals surface area contributed by atoms with E-state index in [1.54, 1.807) is 87.2 Å². The van der Waals surface area contributed by atoms with Crippen molar-refractivity contribution < 1.29 is 43.9 Å². The molecule has 0 aliphatic carbocycles. The Hall–Kier alpha value is -16.9. The van der Waals surface area contributed by atoms with E-state index in [1.807, 2.05) is 99.6 Å². The molecule has 684 valence electrons. The van der Waals surface area contributed by atoms with E-state index in [2.05, 4.69) is 94.7 Å². The van der Waals surface area contributed by atoms with Gasteiger partial charge in [0.15, 0.2) is 28.8 Å². The van der Waals surface area contributed by atoms with E-state index in [4.69, 9.17) is 113 Å². The minimum Gasteiger partial charge on any atom is -0.507 e. The van der Waals surface area contributed by atoms with Gasteiger partial charge in [0.05, 0.1) is 138 Å². The second kappa shape index (κ2) is 41.5. The molecule has 20 rings (SSSR count). The third-order valence-electron chi connectivity index (χ3n) is 19.8. The standard InChI is InChI=1S/C18H12ClN5O.C18H13ClN4O.C16H12ClFN4O.C15H13ClN6O.2C15H12ClN3O2/c19-12-7-13-11(6-14(12)25)8-22-18(23-13)17-16(24-15(20)9-21-17)10-4-2-1-3-5-10;19-15-8-12-13(22-15)6-11(7-14(12)24)17-18(23-16(20)9-21-17)10-4-2-1-3-5-10;1-8-2-9(4-10(18)3-8)15-16(21-7-14(19)22-15)12-5-11(17)13(23)6-20-12;1-7-3-11(21-8(2)20-7)15-14(19-6-13(17)22-15)10-4-9(16)12(23)5-18-10;1-8-4-12(21-7-8)15-14(18-6-13(17)19-15)9-2-3-11(20)10(16)5-9;1-8-4-5-21-15(8)14-13(18-7-12(17)19-14)9-2-3-11(20)10(16)6-9/h1-9,25H,(H2,20,24);1-9,22,24H,(H2,20,23);2-7,23H,1H3,(H2,19,22);3-6,23H,1-2H3,(H2,17,22);2*2-7,20H,1H3,(H2,17,19). The summed E-state index contributed by atoms with van der Waals surface area (Å²) in [5.74, 6) is 3.45. The lowest BCUT2D eigenvalue weighted by atomic mass is 10.0. The lowest BCUT2D eigenvalue weighted by Gasteiger charge is -2.10. The average molecular weight is 1950 g/mol. The topological polar surface area (TPSA) is 552 Å². The van der Waals surface area contributed by atoms with Crippen LogP contribution in [0.5, 0.6) is 34.5 Å². The van der Waals surface area contributed by atoms with Crippen LogP contribution in [0.4, 0.5) is 39.3 Å². The molecule has 0 amide bonds. The number of benzene rings is 7. The summed E-state index contributed by atoms with van der Waals surface area (Å²) < 4.78 is 24.7. The maximum Gasteiger partial charge on any atom is 0.180 e. The number of rotatable bonds is 12. The van der Waals surface area contributed by atoms with Gasteiger partial charge in [-0.25, -0.2) is 79.2 Å². The van der Waals surface area contributed by atoms with Crippen molar-refractivity contribution in [1.29, 1.82) is 0 Å². The van der Waals surface area contributed by atoms with E-state index in [1.165, 1.54) is 92.0 Å². The molecule has 0 bridgehead atoms. The van der Waals surface area contributed by atoms with Crippen molar-refractivity contribution in [2.24, 2.45) is 0 Å². The summed E-state index contributed by atoms with van der Waals surface area (Å²) in [5, 5.41) is 60.9. The van der Waals surface area contributed by atoms with Crippen molar-refractivity contribution in [3.63, 3.8) is 0 Å². The number of anilines is 6. The highest BCUT2D eigenvalue weighted by molar-refractivity contribution is 6.34. The number of aromatic nitrogens is 19. The van der Waals surface area contributed by atoms with Crippen LogP contribution >= 0.6 is 69.6 Å². The first-order valence-electron chi connectivity index (χ1n) is 40.6. The summed E-state index contributed by atoms with van der Waals surface area (Å²) >= 11 is 35.8. The Morgan fingerprint density at radius 2 is 0.796 bits per heavy atom. The third kappa shape index (κ3) is 22.6. The van der Waals surface area contributed by atoms with Crippen LogP contribution in [-0.2, 0) is 0 Å². The smallest absolute Gasteiger partial charge is 0.180 e. The maximum absolute atomic E-state index is 13.7. The molecule has 40 heteroatoms. The van der Waals surface area contributed by atoms with Crippen molar-refractivity contribution in [2.75, 3.05) is 34.4 Å². The third-order valence-corrected chi connectivity index (χ3v) is 21.5. The van der Waals surface area contributed by atoms with Crippen LogP contribution in [0, 0.1) is 40.4 Å². The van der Waals surface area contributed by atoms with Crippen LogP contribution in [0.25, 0.3) is 158 Å². The lowest BCUT2D eigenvalue weighted by Crippen LogP contribution is -2.02. The summed E-state index contributed by atoms with van der Waals surface area (Å²) in [6.07, 6.45) is 16.0. The van der Waals surface area contributed by atoms with Crippen molar-refractivity contribution in [3.05, 3.63) is 309 Å². The average Bonchev–Trinajstić information content (AvgIpc) is 0.823. The largest absolute Gasteiger partial charge is 0.507 e. The summed E-state index contributed by atoms with van der Waals surface area (Å²) in [6.45, 7) is 9.28. The van der Waals surface area contributed by atoms with Gasteiger partial charge in [0.2, 0.25) is 0 Å². The highest BCUT2D eigenvalue weighted by Gasteiger charge is 2.24. The van der Waals surface area contributed by atoms with Gasteiger partial charge in [0, 0.05) is 56.0 Å². The summed E-state index contributed by atoms with van der Waals surface area (Å²) in [7, 11) is 0. The van der Waals surface area contributed by atoms with E-state index < -0.39 is 0 Å². The Kier molecular flexibility index (Phi) is 28.7. The number of phenolic OH excluding ortho intramolecular Hbond substituents is 4. The van der Waals surface area contributed by atoms with E-state index >= 15 is 0 Å². The van der Waals surface area contributed by atoms with E-state index in [0.29, 0.717) is 164 Å². The highest BCUT2D eigenvalue weighted by atomic mass is 35.5. The van der Waals surface area contributed by atoms with Gasteiger partial charge >= 0.3 is 0 Å². The van der Waals surface area contributed by atoms with Gasteiger partial charge < -0.3 is 78.9 Å². The van der Waals surface area contributed by atoms with Gasteiger partial charge in [0.25, 0.3) is 0 Å². The minimum atomic E-state index is -0.383. The molecule has 13 aromatic heterocycles. The second-order valence-electron chi connectivity index (χ2n) is 30.1. The quantitative estimate of drug-likeness (QED) is 0.0540. The zero-order chi connectivity index (χ0) is 97.2. The first-order chi connectivity index (χ1) is 65.7. The van der Waals surface area contributed by atoms with Crippen LogP contribution in [0.3, 0.4) is 0 Å². The zero-order valence-electron chi connectivity index (χ0n) is 72.3. The Morgan fingerprint density at radius 1 is 0.321 bits per heavy atom. The number of hydrogen-bond donors (Lipinski definition) is 13. The summed E-state index contributed by atoms with van der Waals surface area (Å²) in [5.41, 5.74) is 51.7. The number of aromatic hydroxyl groups is 6. The zero-order valence-corrected chi connectivity index (χ0v) is 76.8. The van der Waals surface area contributed by atoms with Crippen molar-refractivity contribution in [1.82, 2.24) is 94.7 Å². The number of aromatic amines is 1. The highest BCUT2D eigenvalue weighted by Crippen LogP contribution is 2.42. The van der Waals surface area contributed by atoms with Crippen LogP contribution in [-0.4, -0.2) is 125 Å². The van der Waals surface area contributed by atoms with E-state index in [-0.39, 0.29) is 77.1 Å². The van der Waals surface area contributed by atoms with Gasteiger partial charge in [-0.3, -0.25) is 15.0 Å². The molecule has 13 heterocycles. The van der Waals surface area contributed by atoms with Gasteiger partial charge in [-0.1, -0.05) is 130 Å². The van der Waals surface area contributed by atoms with Crippen molar-refractivity contribution in [3.8, 4) is 171 Å². The van der Waals surface area contributed by atoms with Crippen LogP contribution in [0.1, 0.15) is 28.2 Å². The molecule has 19 N–H and O–H groups in total. The SMILES string of the molecule is Cc1cc(-c2nc(N)cnc2-c2cc(Cl)c(O)cn2)nc(C)n1.Cc1cc(F)cc(-c2nc(N)cnc2-c2cc(Cl)c(O)cn2)c1.Cc1ccoc1-c1nc(N)cnc1-c1ccc(O)c(Cl)c1.Cc1coc(-c2nc(N)cnc2-c2ccc(O)c(Cl)c2)c1.Nc1cnc(-c2cc(O)c3cc(Cl)[nH]c3c2)c(-c2ccccc2)n1.Nc1cnc(-c2ncc3cc(O)c(Cl)cc3n2)c(-c2ccccc2)n1. The number of furan rings is 2. The fourth-order valence-electron chi connectivity index (χ4n) is 13.7.